The number of nitrogens with zero attached hydrogens (tertiary/aromatic N) is 1. The molecule has 0 radical (unpaired) electrons. The third-order valence-corrected chi connectivity index (χ3v) is 5.56. The molecule has 0 unspecified atom stereocenters. The van der Waals surface area contributed by atoms with Crippen LogP contribution in [0.3, 0.4) is 0 Å². The van der Waals surface area contributed by atoms with Crippen molar-refractivity contribution in [2.75, 3.05) is 30.6 Å². The lowest BCUT2D eigenvalue weighted by molar-refractivity contribution is 0.262. The van der Waals surface area contributed by atoms with Gasteiger partial charge in [-0.3, -0.25) is 5.32 Å². The largest absolute Gasteiger partial charge is 0.493 e. The average Bonchev–Trinajstić information content (AvgIpc) is 3.25. The predicted octanol–water partition coefficient (Wildman–Crippen LogP) is 5.45. The van der Waals surface area contributed by atoms with Gasteiger partial charge in [0, 0.05) is 17.1 Å². The molecular formula is C20H21ClN4O4S. The van der Waals surface area contributed by atoms with Crippen molar-refractivity contribution in [1.29, 1.82) is 0 Å². The second kappa shape index (κ2) is 9.10. The van der Waals surface area contributed by atoms with Gasteiger partial charge in [-0.25, -0.2) is 9.78 Å². The number of carbonyl (C=O) groups is 1. The number of amides is 2. The zero-order valence-electron chi connectivity index (χ0n) is 16.8. The van der Waals surface area contributed by atoms with Gasteiger partial charge in [0.25, 0.3) is 0 Å². The Morgan fingerprint density at radius 2 is 1.83 bits per heavy atom. The number of carbonyl (C=O) groups excluding carboxylic acids is 1. The van der Waals surface area contributed by atoms with Gasteiger partial charge in [0.1, 0.15) is 0 Å². The van der Waals surface area contributed by atoms with E-state index in [1.54, 1.807) is 43.6 Å². The van der Waals surface area contributed by atoms with E-state index < -0.39 is 6.03 Å². The first-order valence-corrected chi connectivity index (χ1v) is 10.1. The number of ether oxygens (including phenoxy) is 3. The topological polar surface area (TPSA) is 108 Å². The van der Waals surface area contributed by atoms with E-state index >= 15 is 0 Å². The van der Waals surface area contributed by atoms with E-state index in [1.807, 2.05) is 0 Å². The molecule has 2 aromatic carbocycles. The molecule has 0 atom stereocenters. The molecule has 8 nitrogen and oxygen atoms in total. The third-order valence-electron chi connectivity index (χ3n) is 4.38. The van der Waals surface area contributed by atoms with E-state index in [-0.39, 0.29) is 0 Å². The molecule has 0 saturated heterocycles. The number of anilines is 3. The van der Waals surface area contributed by atoms with Crippen molar-refractivity contribution in [3.8, 4) is 23.0 Å². The van der Waals surface area contributed by atoms with Crippen LogP contribution in [0.5, 0.6) is 23.0 Å². The standard InChI is InChI=1S/C20H21ClN4O4S/c1-10-14(21)15(22)11(2)17(16(10)24-19(26)25-20-23-8-9-30-20)29-13-7-5-6-12(27-3)18(13)28-4/h5-9H,22H2,1-4H3,(H2,23,24,25,26). The number of benzene rings is 2. The lowest BCUT2D eigenvalue weighted by atomic mass is 10.1. The summed E-state index contributed by atoms with van der Waals surface area (Å²) in [7, 11) is 3.05. The zero-order chi connectivity index (χ0) is 21.8. The van der Waals surface area contributed by atoms with E-state index in [4.69, 9.17) is 31.5 Å². The molecule has 3 rings (SSSR count). The van der Waals surface area contributed by atoms with Crippen LogP contribution in [0, 0.1) is 13.8 Å². The third kappa shape index (κ3) is 4.22. The van der Waals surface area contributed by atoms with Crippen molar-refractivity contribution < 1.29 is 19.0 Å². The number of hydrogen-bond donors (Lipinski definition) is 3. The molecule has 0 fully saturated rings. The molecule has 1 aromatic heterocycles. The molecule has 1 heterocycles. The Hall–Kier alpha value is -3.17. The SMILES string of the molecule is COc1cccc(Oc2c(C)c(N)c(Cl)c(C)c2NC(=O)Nc2nccs2)c1OC. The molecule has 30 heavy (non-hydrogen) atoms. The van der Waals surface area contributed by atoms with Crippen molar-refractivity contribution in [3.63, 3.8) is 0 Å². The fraction of sp³-hybridized carbons (Fsp3) is 0.200. The van der Waals surface area contributed by atoms with E-state index in [1.165, 1.54) is 25.6 Å². The summed E-state index contributed by atoms with van der Waals surface area (Å²) in [6.45, 7) is 3.50. The number of nitrogens with one attached hydrogen (secondary N) is 2. The molecule has 3 aromatic rings. The molecular weight excluding hydrogens is 428 g/mol. The van der Waals surface area contributed by atoms with Gasteiger partial charge in [0.15, 0.2) is 22.4 Å². The lowest BCUT2D eigenvalue weighted by Crippen LogP contribution is -2.21. The number of nitrogen functional groups attached to an aromatic ring is 1. The Balaban J connectivity index is 2.04. The normalized spacial score (nSPS) is 10.4. The van der Waals surface area contributed by atoms with E-state index in [9.17, 15) is 4.79 Å². The van der Waals surface area contributed by atoms with Gasteiger partial charge in [-0.1, -0.05) is 17.7 Å². The molecule has 4 N–H and O–H groups in total. The summed E-state index contributed by atoms with van der Waals surface area (Å²) in [6.07, 6.45) is 1.60. The Morgan fingerprint density at radius 3 is 2.47 bits per heavy atom. The summed E-state index contributed by atoms with van der Waals surface area (Å²) in [5, 5.41) is 8.01. The second-order valence-electron chi connectivity index (χ2n) is 6.19. The monoisotopic (exact) mass is 448 g/mol. The fourth-order valence-corrected chi connectivity index (χ4v) is 3.57. The Bertz CT molecular complexity index is 1070. The molecule has 0 aliphatic rings. The lowest BCUT2D eigenvalue weighted by Gasteiger charge is -2.21. The summed E-state index contributed by atoms with van der Waals surface area (Å²) >= 11 is 7.69. The van der Waals surface area contributed by atoms with Gasteiger partial charge >= 0.3 is 6.03 Å². The van der Waals surface area contributed by atoms with Crippen LogP contribution in [0.1, 0.15) is 11.1 Å². The van der Waals surface area contributed by atoms with Crippen LogP contribution in [0.25, 0.3) is 0 Å². The fourth-order valence-electron chi connectivity index (χ4n) is 2.81. The quantitative estimate of drug-likeness (QED) is 0.433. The number of methoxy groups -OCH3 is 2. The van der Waals surface area contributed by atoms with Crippen LogP contribution in [-0.2, 0) is 0 Å². The Kier molecular flexibility index (Phi) is 6.53. The minimum atomic E-state index is -0.490. The molecule has 0 spiro atoms. The summed E-state index contributed by atoms with van der Waals surface area (Å²) in [6, 6.07) is 4.75. The summed E-state index contributed by atoms with van der Waals surface area (Å²) in [5.41, 5.74) is 8.04. The zero-order valence-corrected chi connectivity index (χ0v) is 18.4. The van der Waals surface area contributed by atoms with Gasteiger partial charge < -0.3 is 25.3 Å². The molecule has 0 saturated carbocycles. The van der Waals surface area contributed by atoms with E-state index in [0.717, 1.165) is 0 Å². The highest BCUT2D eigenvalue weighted by atomic mass is 35.5. The highest BCUT2D eigenvalue weighted by Crippen LogP contribution is 2.46. The van der Waals surface area contributed by atoms with Crippen molar-refractivity contribution >= 4 is 45.5 Å². The highest BCUT2D eigenvalue weighted by molar-refractivity contribution is 7.13. The van der Waals surface area contributed by atoms with Gasteiger partial charge in [-0.05, 0) is 31.5 Å². The summed E-state index contributed by atoms with van der Waals surface area (Å²) < 4.78 is 16.9. The highest BCUT2D eigenvalue weighted by Gasteiger charge is 2.23. The maximum Gasteiger partial charge on any atom is 0.325 e. The van der Waals surface area contributed by atoms with Crippen LogP contribution in [0.4, 0.5) is 21.3 Å². The van der Waals surface area contributed by atoms with Gasteiger partial charge in [0.2, 0.25) is 5.75 Å². The second-order valence-corrected chi connectivity index (χ2v) is 7.46. The summed E-state index contributed by atoms with van der Waals surface area (Å²) in [5.74, 6) is 1.64. The number of hydrogen-bond acceptors (Lipinski definition) is 7. The maximum absolute atomic E-state index is 12.5. The average molecular weight is 449 g/mol. The molecule has 0 aliphatic carbocycles. The summed E-state index contributed by atoms with van der Waals surface area (Å²) in [4.78, 5) is 16.6. The molecule has 0 aliphatic heterocycles. The first kappa shape index (κ1) is 21.5. The van der Waals surface area contributed by atoms with Crippen LogP contribution in [-0.4, -0.2) is 25.2 Å². The minimum Gasteiger partial charge on any atom is -0.493 e. The maximum atomic E-state index is 12.5. The molecule has 158 valence electrons. The molecule has 2 amide bonds. The van der Waals surface area contributed by atoms with Gasteiger partial charge in [-0.2, -0.15) is 0 Å². The Labute approximate surface area is 182 Å². The van der Waals surface area contributed by atoms with Gasteiger partial charge in [-0.15, -0.1) is 11.3 Å². The van der Waals surface area contributed by atoms with Gasteiger partial charge in [0.05, 0.1) is 30.6 Å². The smallest absolute Gasteiger partial charge is 0.325 e. The van der Waals surface area contributed by atoms with Crippen LogP contribution in [0.15, 0.2) is 29.8 Å². The molecule has 0 bridgehead atoms. The predicted molar refractivity (Wildman–Crippen MR) is 120 cm³/mol. The minimum absolute atomic E-state index is 0.335. The number of halogens is 1. The number of thiazole rings is 1. The van der Waals surface area contributed by atoms with Crippen molar-refractivity contribution in [1.82, 2.24) is 4.98 Å². The number of para-hydroxylation sites is 1. The Morgan fingerprint density at radius 1 is 1.10 bits per heavy atom. The number of rotatable bonds is 6. The van der Waals surface area contributed by atoms with Crippen LogP contribution < -0.4 is 30.6 Å². The number of aromatic nitrogens is 1. The van der Waals surface area contributed by atoms with E-state index in [0.29, 0.717) is 55.7 Å². The number of urea groups is 1. The van der Waals surface area contributed by atoms with Crippen molar-refractivity contribution in [2.45, 2.75) is 13.8 Å². The number of nitrogens with two attached hydrogens (primary N) is 1. The van der Waals surface area contributed by atoms with Crippen molar-refractivity contribution in [3.05, 3.63) is 45.9 Å². The van der Waals surface area contributed by atoms with Crippen LogP contribution >= 0.6 is 22.9 Å². The molecule has 10 heteroatoms. The first-order valence-electron chi connectivity index (χ1n) is 8.81. The van der Waals surface area contributed by atoms with E-state index in [2.05, 4.69) is 15.6 Å². The van der Waals surface area contributed by atoms with Crippen LogP contribution in [0.2, 0.25) is 5.02 Å². The first-order chi connectivity index (χ1) is 14.4. The van der Waals surface area contributed by atoms with Crippen molar-refractivity contribution in [2.24, 2.45) is 0 Å².